The van der Waals surface area contributed by atoms with Gasteiger partial charge < -0.3 is 19.3 Å². The number of ether oxygens (including phenoxy) is 1. The number of aryl methyl sites for hydroxylation is 1. The average Bonchev–Trinajstić information content (AvgIpc) is 3.06. The molecule has 0 radical (unpaired) electrons. The summed E-state index contributed by atoms with van der Waals surface area (Å²) in [4.78, 5) is 19.0. The molecule has 6 heteroatoms. The summed E-state index contributed by atoms with van der Waals surface area (Å²) in [6, 6.07) is 6.42. The van der Waals surface area contributed by atoms with Crippen molar-refractivity contribution < 1.29 is 14.6 Å². The molecule has 4 rings (SSSR count). The minimum atomic E-state index is -0.340. The molecule has 1 aromatic carbocycles. The Hall–Kier alpha value is -2.08. The first-order valence-electron chi connectivity index (χ1n) is 8.56. The smallest absolute Gasteiger partial charge is 0.337 e. The molecule has 3 heterocycles. The van der Waals surface area contributed by atoms with Gasteiger partial charge in [0.05, 0.1) is 23.7 Å². The Morgan fingerprint density at radius 1 is 1.33 bits per heavy atom. The first kappa shape index (κ1) is 15.4. The van der Waals surface area contributed by atoms with Crippen LogP contribution in [0.4, 0.5) is 5.95 Å². The van der Waals surface area contributed by atoms with Crippen molar-refractivity contribution in [3.05, 3.63) is 23.8 Å². The predicted octanol–water partition coefficient (Wildman–Crippen LogP) is 2.10. The van der Waals surface area contributed by atoms with Gasteiger partial charge in [0.15, 0.2) is 0 Å². The Morgan fingerprint density at radius 3 is 2.67 bits per heavy atom. The molecule has 2 aliphatic heterocycles. The van der Waals surface area contributed by atoms with Crippen molar-refractivity contribution >= 4 is 23.0 Å². The summed E-state index contributed by atoms with van der Waals surface area (Å²) in [5.74, 6) is 1.04. The Kier molecular flexibility index (Phi) is 3.72. The SMILES string of the molecule is COC(=O)c1ccc2c(c1)nc(N1[C@@H]3CC[C@H]1CC(CO)C3)n2C. The number of piperidine rings is 1. The van der Waals surface area contributed by atoms with Crippen molar-refractivity contribution in [2.75, 3.05) is 18.6 Å². The number of imidazole rings is 1. The summed E-state index contributed by atoms with van der Waals surface area (Å²) in [7, 11) is 3.42. The fourth-order valence-electron chi connectivity index (χ4n) is 4.43. The maximum atomic E-state index is 11.7. The lowest BCUT2D eigenvalue weighted by Gasteiger charge is -2.39. The molecule has 0 aliphatic carbocycles. The van der Waals surface area contributed by atoms with Crippen molar-refractivity contribution in [3.8, 4) is 0 Å². The number of anilines is 1. The molecule has 1 unspecified atom stereocenters. The molecule has 0 amide bonds. The molecule has 2 aromatic rings. The van der Waals surface area contributed by atoms with Crippen LogP contribution in [0.5, 0.6) is 0 Å². The fraction of sp³-hybridized carbons (Fsp3) is 0.556. The van der Waals surface area contributed by atoms with E-state index in [1.165, 1.54) is 7.11 Å². The number of fused-ring (bicyclic) bond motifs is 3. The molecule has 6 nitrogen and oxygen atoms in total. The molecule has 2 fully saturated rings. The van der Waals surface area contributed by atoms with E-state index in [2.05, 4.69) is 9.47 Å². The summed E-state index contributed by atoms with van der Waals surface area (Å²) in [5, 5.41) is 9.50. The average molecular weight is 329 g/mol. The van der Waals surface area contributed by atoms with Crippen LogP contribution in [0.15, 0.2) is 18.2 Å². The molecular formula is C18H23N3O3. The first-order chi connectivity index (χ1) is 11.6. The second-order valence-corrected chi connectivity index (χ2v) is 6.98. The van der Waals surface area contributed by atoms with Crippen LogP contribution < -0.4 is 4.90 Å². The summed E-state index contributed by atoms with van der Waals surface area (Å²) < 4.78 is 6.91. The summed E-state index contributed by atoms with van der Waals surface area (Å²) in [6.07, 6.45) is 4.39. The predicted molar refractivity (Wildman–Crippen MR) is 91.2 cm³/mol. The van der Waals surface area contributed by atoms with Crippen LogP contribution in [0, 0.1) is 5.92 Å². The normalized spacial score (nSPS) is 26.1. The van der Waals surface area contributed by atoms with E-state index in [0.29, 0.717) is 23.6 Å². The van der Waals surface area contributed by atoms with Gasteiger partial charge in [-0.2, -0.15) is 0 Å². The monoisotopic (exact) mass is 329 g/mol. The topological polar surface area (TPSA) is 67.6 Å². The molecule has 0 saturated carbocycles. The second-order valence-electron chi connectivity index (χ2n) is 6.98. The number of benzene rings is 1. The standard InChI is InChI=1S/C18H23N3O3/c1-20-16-6-3-12(17(23)24-2)9-15(16)19-18(20)21-13-4-5-14(21)8-11(7-13)10-22/h3,6,9,11,13-14,22H,4-5,7-8,10H2,1-2H3/t11?,13-,14+. The third-order valence-electron chi connectivity index (χ3n) is 5.60. The van der Waals surface area contributed by atoms with E-state index >= 15 is 0 Å². The van der Waals surface area contributed by atoms with E-state index in [4.69, 9.17) is 9.72 Å². The molecule has 2 aliphatic rings. The summed E-state index contributed by atoms with van der Waals surface area (Å²) >= 11 is 0. The van der Waals surface area contributed by atoms with E-state index in [-0.39, 0.29) is 12.6 Å². The number of aliphatic hydroxyl groups excluding tert-OH is 1. The Balaban J connectivity index is 1.72. The van der Waals surface area contributed by atoms with E-state index in [1.807, 2.05) is 13.1 Å². The van der Waals surface area contributed by atoms with Gasteiger partial charge in [0.25, 0.3) is 0 Å². The number of hydrogen-bond donors (Lipinski definition) is 1. The van der Waals surface area contributed by atoms with Crippen LogP contribution >= 0.6 is 0 Å². The molecule has 0 spiro atoms. The van der Waals surface area contributed by atoms with Crippen LogP contribution in [-0.2, 0) is 11.8 Å². The number of carbonyl (C=O) groups is 1. The fourth-order valence-corrected chi connectivity index (χ4v) is 4.43. The molecular weight excluding hydrogens is 306 g/mol. The third-order valence-corrected chi connectivity index (χ3v) is 5.60. The van der Waals surface area contributed by atoms with Gasteiger partial charge in [-0.15, -0.1) is 0 Å². The van der Waals surface area contributed by atoms with Crippen molar-refractivity contribution in [3.63, 3.8) is 0 Å². The number of methoxy groups -OCH3 is 1. The lowest BCUT2D eigenvalue weighted by molar-refractivity contribution is 0.0601. The van der Waals surface area contributed by atoms with Gasteiger partial charge >= 0.3 is 5.97 Å². The maximum absolute atomic E-state index is 11.7. The van der Waals surface area contributed by atoms with Crippen molar-refractivity contribution in [1.82, 2.24) is 9.55 Å². The molecule has 3 atom stereocenters. The Bertz CT molecular complexity index is 771. The largest absolute Gasteiger partial charge is 0.465 e. The van der Waals surface area contributed by atoms with E-state index in [1.54, 1.807) is 12.1 Å². The number of aromatic nitrogens is 2. The lowest BCUT2D eigenvalue weighted by atomic mass is 9.92. The molecule has 1 aromatic heterocycles. The van der Waals surface area contributed by atoms with Crippen LogP contribution in [0.3, 0.4) is 0 Å². The maximum Gasteiger partial charge on any atom is 0.337 e. The number of aliphatic hydroxyl groups is 1. The van der Waals surface area contributed by atoms with Gasteiger partial charge in [0.2, 0.25) is 5.95 Å². The van der Waals surface area contributed by atoms with Gasteiger partial charge in [0.1, 0.15) is 0 Å². The number of hydrogen-bond acceptors (Lipinski definition) is 5. The zero-order chi connectivity index (χ0) is 16.8. The van der Waals surface area contributed by atoms with Gasteiger partial charge in [-0.1, -0.05) is 0 Å². The Labute approximate surface area is 141 Å². The molecule has 2 saturated heterocycles. The van der Waals surface area contributed by atoms with Crippen LogP contribution in [0.1, 0.15) is 36.0 Å². The van der Waals surface area contributed by atoms with Gasteiger partial charge in [0, 0.05) is 25.7 Å². The highest BCUT2D eigenvalue weighted by atomic mass is 16.5. The summed E-state index contributed by atoms with van der Waals surface area (Å²) in [6.45, 7) is 0.284. The van der Waals surface area contributed by atoms with Gasteiger partial charge in [-0.3, -0.25) is 0 Å². The lowest BCUT2D eigenvalue weighted by Crippen LogP contribution is -2.45. The van der Waals surface area contributed by atoms with E-state index in [0.717, 1.165) is 42.7 Å². The molecule has 128 valence electrons. The molecule has 24 heavy (non-hydrogen) atoms. The number of carbonyl (C=O) groups excluding carboxylic acids is 1. The van der Waals surface area contributed by atoms with Gasteiger partial charge in [-0.25, -0.2) is 9.78 Å². The third kappa shape index (κ3) is 2.28. The van der Waals surface area contributed by atoms with Crippen molar-refractivity contribution in [2.24, 2.45) is 13.0 Å². The number of nitrogens with zero attached hydrogens (tertiary/aromatic N) is 3. The highest BCUT2D eigenvalue weighted by Crippen LogP contribution is 2.41. The summed E-state index contributed by atoms with van der Waals surface area (Å²) in [5.41, 5.74) is 2.36. The Morgan fingerprint density at radius 2 is 2.04 bits per heavy atom. The number of esters is 1. The van der Waals surface area contributed by atoms with Crippen molar-refractivity contribution in [1.29, 1.82) is 0 Å². The van der Waals surface area contributed by atoms with E-state index in [9.17, 15) is 9.90 Å². The van der Waals surface area contributed by atoms with Crippen molar-refractivity contribution in [2.45, 2.75) is 37.8 Å². The van der Waals surface area contributed by atoms with Crippen LogP contribution in [0.2, 0.25) is 0 Å². The zero-order valence-corrected chi connectivity index (χ0v) is 14.1. The van der Waals surface area contributed by atoms with Crippen LogP contribution in [0.25, 0.3) is 11.0 Å². The number of rotatable bonds is 3. The zero-order valence-electron chi connectivity index (χ0n) is 14.1. The minimum Gasteiger partial charge on any atom is -0.465 e. The van der Waals surface area contributed by atoms with Crippen LogP contribution in [-0.4, -0.2) is 46.4 Å². The van der Waals surface area contributed by atoms with Gasteiger partial charge in [-0.05, 0) is 49.8 Å². The second kappa shape index (κ2) is 5.77. The quantitative estimate of drug-likeness (QED) is 0.874. The first-order valence-corrected chi connectivity index (χ1v) is 8.56. The minimum absolute atomic E-state index is 0.284. The molecule has 1 N–H and O–H groups in total. The van der Waals surface area contributed by atoms with E-state index < -0.39 is 0 Å². The highest BCUT2D eigenvalue weighted by Gasteiger charge is 2.42. The molecule has 2 bridgehead atoms. The highest BCUT2D eigenvalue weighted by molar-refractivity contribution is 5.94.